The van der Waals surface area contributed by atoms with Gasteiger partial charge >= 0.3 is 12.0 Å². The molecule has 1 aliphatic heterocycles. The second kappa shape index (κ2) is 8.40. The summed E-state index contributed by atoms with van der Waals surface area (Å²) in [7, 11) is 0. The van der Waals surface area contributed by atoms with Crippen LogP contribution >= 0.6 is 11.6 Å². The minimum Gasteiger partial charge on any atom is -0.478 e. The van der Waals surface area contributed by atoms with Crippen molar-refractivity contribution in [3.8, 4) is 5.69 Å². The first kappa shape index (κ1) is 22.0. The quantitative estimate of drug-likeness (QED) is 0.447. The van der Waals surface area contributed by atoms with Crippen LogP contribution in [0.15, 0.2) is 60.2 Å². The molecule has 2 aromatic carbocycles. The molecule has 9 heteroatoms. The zero-order valence-corrected chi connectivity index (χ0v) is 18.4. The molecular formula is C24H18ClN3O5. The number of nitrogens with zero attached hydrogens (tertiary/aromatic N) is 2. The molecule has 33 heavy (non-hydrogen) atoms. The predicted octanol–water partition coefficient (Wildman–Crippen LogP) is 4.11. The SMILES string of the molecule is Cc1cc(C=C2C(=O)NC(=O)N(c3cccc(C(=O)O)c3)C2=O)c(C)n1-c1ccc(Cl)cc1. The molecule has 2 heterocycles. The first-order valence-corrected chi connectivity index (χ1v) is 10.2. The van der Waals surface area contributed by atoms with Crippen LogP contribution in [0, 0.1) is 13.8 Å². The highest BCUT2D eigenvalue weighted by atomic mass is 35.5. The lowest BCUT2D eigenvalue weighted by atomic mass is 10.1. The molecule has 4 amide bonds. The summed E-state index contributed by atoms with van der Waals surface area (Å²) in [6.07, 6.45) is 1.42. The van der Waals surface area contributed by atoms with Crippen LogP contribution in [0.25, 0.3) is 11.8 Å². The predicted molar refractivity (Wildman–Crippen MR) is 123 cm³/mol. The van der Waals surface area contributed by atoms with Gasteiger partial charge in [-0.05, 0) is 74.0 Å². The van der Waals surface area contributed by atoms with Crippen LogP contribution in [-0.2, 0) is 9.59 Å². The number of carbonyl (C=O) groups is 4. The Morgan fingerprint density at radius 1 is 1.00 bits per heavy atom. The van der Waals surface area contributed by atoms with Gasteiger partial charge in [0.05, 0.1) is 11.3 Å². The average Bonchev–Trinajstić information content (AvgIpc) is 3.05. The smallest absolute Gasteiger partial charge is 0.335 e. The first-order valence-electron chi connectivity index (χ1n) is 9.87. The first-order chi connectivity index (χ1) is 15.7. The molecule has 4 rings (SSSR count). The molecule has 3 aromatic rings. The number of rotatable bonds is 4. The van der Waals surface area contributed by atoms with Gasteiger partial charge in [0.25, 0.3) is 11.8 Å². The third-order valence-electron chi connectivity index (χ3n) is 5.31. The van der Waals surface area contributed by atoms with Gasteiger partial charge in [-0.15, -0.1) is 0 Å². The van der Waals surface area contributed by atoms with E-state index in [1.54, 1.807) is 12.1 Å². The van der Waals surface area contributed by atoms with Crippen molar-refractivity contribution in [2.75, 3.05) is 4.90 Å². The summed E-state index contributed by atoms with van der Waals surface area (Å²) in [6, 6.07) is 13.5. The lowest BCUT2D eigenvalue weighted by molar-refractivity contribution is -0.122. The van der Waals surface area contributed by atoms with Crippen molar-refractivity contribution in [3.05, 3.63) is 87.7 Å². The number of aromatic carboxylic acids is 1. The highest BCUT2D eigenvalue weighted by Gasteiger charge is 2.37. The minimum atomic E-state index is -1.21. The summed E-state index contributed by atoms with van der Waals surface area (Å²) in [4.78, 5) is 50.1. The molecule has 0 atom stereocenters. The van der Waals surface area contributed by atoms with Crippen molar-refractivity contribution < 1.29 is 24.3 Å². The Bertz CT molecular complexity index is 1350. The van der Waals surface area contributed by atoms with Crippen LogP contribution < -0.4 is 10.2 Å². The second-order valence-electron chi connectivity index (χ2n) is 7.45. The Labute approximate surface area is 193 Å². The number of hydrogen-bond acceptors (Lipinski definition) is 4. The van der Waals surface area contributed by atoms with E-state index < -0.39 is 23.8 Å². The molecule has 0 saturated carbocycles. The topological polar surface area (TPSA) is 109 Å². The van der Waals surface area contributed by atoms with E-state index in [0.29, 0.717) is 10.6 Å². The Kier molecular flexibility index (Phi) is 5.61. The third kappa shape index (κ3) is 4.04. The van der Waals surface area contributed by atoms with Crippen molar-refractivity contribution in [2.24, 2.45) is 0 Å². The highest BCUT2D eigenvalue weighted by Crippen LogP contribution is 2.27. The number of imide groups is 2. The van der Waals surface area contributed by atoms with Gasteiger partial charge in [0.2, 0.25) is 0 Å². The highest BCUT2D eigenvalue weighted by molar-refractivity contribution is 6.39. The van der Waals surface area contributed by atoms with Crippen LogP contribution in [0.2, 0.25) is 5.02 Å². The van der Waals surface area contributed by atoms with Gasteiger partial charge in [0.1, 0.15) is 5.57 Å². The Balaban J connectivity index is 1.76. The minimum absolute atomic E-state index is 0.0439. The number of carboxylic acids is 1. The van der Waals surface area contributed by atoms with E-state index in [9.17, 15) is 24.3 Å². The number of carbonyl (C=O) groups excluding carboxylic acids is 3. The van der Waals surface area contributed by atoms with Gasteiger partial charge in [-0.2, -0.15) is 0 Å². The number of hydrogen-bond donors (Lipinski definition) is 2. The number of aromatic nitrogens is 1. The largest absolute Gasteiger partial charge is 0.478 e. The Morgan fingerprint density at radius 2 is 1.70 bits per heavy atom. The maximum absolute atomic E-state index is 13.1. The normalized spacial score (nSPS) is 15.2. The molecule has 1 fully saturated rings. The van der Waals surface area contributed by atoms with Crippen molar-refractivity contribution >= 4 is 47.2 Å². The summed E-state index contributed by atoms with van der Waals surface area (Å²) < 4.78 is 1.95. The number of barbiturate groups is 1. The van der Waals surface area contributed by atoms with Crippen LogP contribution in [0.4, 0.5) is 10.5 Å². The molecule has 8 nitrogen and oxygen atoms in total. The lowest BCUT2D eigenvalue weighted by Gasteiger charge is -2.26. The molecule has 1 aliphatic rings. The molecule has 1 aromatic heterocycles. The number of aryl methyl sites for hydroxylation is 1. The fourth-order valence-electron chi connectivity index (χ4n) is 3.75. The van der Waals surface area contributed by atoms with Crippen molar-refractivity contribution in [1.82, 2.24) is 9.88 Å². The summed E-state index contributed by atoms with van der Waals surface area (Å²) in [6.45, 7) is 3.73. The number of amides is 4. The van der Waals surface area contributed by atoms with Gasteiger partial charge in [-0.1, -0.05) is 17.7 Å². The zero-order chi connectivity index (χ0) is 23.9. The van der Waals surface area contributed by atoms with E-state index in [1.165, 1.54) is 30.3 Å². The molecule has 0 spiro atoms. The molecule has 0 unspecified atom stereocenters. The molecular weight excluding hydrogens is 446 g/mol. The van der Waals surface area contributed by atoms with Gasteiger partial charge in [0.15, 0.2) is 0 Å². The number of anilines is 1. The molecule has 0 aliphatic carbocycles. The maximum Gasteiger partial charge on any atom is 0.335 e. The number of nitrogens with one attached hydrogen (secondary N) is 1. The van der Waals surface area contributed by atoms with Gasteiger partial charge in [-0.25, -0.2) is 14.5 Å². The number of urea groups is 1. The van der Waals surface area contributed by atoms with E-state index in [-0.39, 0.29) is 16.8 Å². The van der Waals surface area contributed by atoms with E-state index in [2.05, 4.69) is 5.32 Å². The fraction of sp³-hybridized carbons (Fsp3) is 0.0833. The van der Waals surface area contributed by atoms with E-state index in [4.69, 9.17) is 11.6 Å². The second-order valence-corrected chi connectivity index (χ2v) is 7.89. The number of halogens is 1. The molecule has 2 N–H and O–H groups in total. The molecule has 0 bridgehead atoms. The van der Waals surface area contributed by atoms with E-state index in [1.807, 2.05) is 36.6 Å². The monoisotopic (exact) mass is 463 g/mol. The van der Waals surface area contributed by atoms with E-state index in [0.717, 1.165) is 22.0 Å². The van der Waals surface area contributed by atoms with Crippen molar-refractivity contribution in [1.29, 1.82) is 0 Å². The lowest BCUT2D eigenvalue weighted by Crippen LogP contribution is -2.54. The Hall–Kier alpha value is -4.17. The van der Waals surface area contributed by atoms with E-state index >= 15 is 0 Å². The standard InChI is InChI=1S/C24H18ClN3O5/c1-13-10-16(14(2)27(13)18-8-6-17(25)7-9-18)12-20-21(29)26-24(33)28(22(20)30)19-5-3-4-15(11-19)23(31)32/h3-12H,1-2H3,(H,31,32)(H,26,29,33). The van der Waals surface area contributed by atoms with Crippen molar-refractivity contribution in [2.45, 2.75) is 13.8 Å². The zero-order valence-electron chi connectivity index (χ0n) is 17.6. The van der Waals surface area contributed by atoms with Gasteiger partial charge < -0.3 is 9.67 Å². The summed E-state index contributed by atoms with van der Waals surface area (Å²) in [5.41, 5.74) is 2.83. The third-order valence-corrected chi connectivity index (χ3v) is 5.56. The van der Waals surface area contributed by atoms with Crippen LogP contribution in [0.5, 0.6) is 0 Å². The maximum atomic E-state index is 13.1. The van der Waals surface area contributed by atoms with Crippen molar-refractivity contribution in [3.63, 3.8) is 0 Å². The number of benzene rings is 2. The van der Waals surface area contributed by atoms with Gasteiger partial charge in [-0.3, -0.25) is 14.9 Å². The summed E-state index contributed by atoms with van der Waals surface area (Å²) >= 11 is 5.98. The average molecular weight is 464 g/mol. The Morgan fingerprint density at radius 3 is 2.36 bits per heavy atom. The summed E-state index contributed by atoms with van der Waals surface area (Å²) in [5.74, 6) is -2.88. The van der Waals surface area contributed by atoms with Crippen LogP contribution in [0.3, 0.4) is 0 Å². The van der Waals surface area contributed by atoms with Gasteiger partial charge in [0, 0.05) is 22.1 Å². The molecule has 0 radical (unpaired) electrons. The fourth-order valence-corrected chi connectivity index (χ4v) is 3.87. The molecule has 166 valence electrons. The van der Waals surface area contributed by atoms with Crippen LogP contribution in [0.1, 0.15) is 27.3 Å². The molecule has 1 saturated heterocycles. The van der Waals surface area contributed by atoms with Crippen LogP contribution in [-0.4, -0.2) is 33.5 Å². The summed E-state index contributed by atoms with van der Waals surface area (Å²) in [5, 5.41) is 12.0. The number of carboxylic acid groups (broad SMARTS) is 1.